The molecule has 4 nitrogen and oxygen atoms in total. The highest BCUT2D eigenvalue weighted by Gasteiger charge is 2.23. The normalized spacial score (nSPS) is 15.6. The van der Waals surface area contributed by atoms with E-state index < -0.39 is 18.1 Å². The Balaban J connectivity index is 2.50. The van der Waals surface area contributed by atoms with Crippen molar-refractivity contribution in [3.63, 3.8) is 0 Å². The van der Waals surface area contributed by atoms with E-state index in [1.807, 2.05) is 37.3 Å². The standard InChI is InChI=1S/C15H24N2O2/c1-3-4-10-13(16)14(18)15(19)17-11(2)12-8-6-5-7-9-12/h5-9,11,13-14,18H,3-4,10,16H2,1-2H3,(H,17,19)/t11-,13+,14?/m1/s1. The molecule has 1 aromatic rings. The van der Waals surface area contributed by atoms with Crippen LogP contribution in [0.4, 0.5) is 0 Å². The fraction of sp³-hybridized carbons (Fsp3) is 0.533. The number of amides is 1. The molecule has 3 atom stereocenters. The van der Waals surface area contributed by atoms with Crippen LogP contribution in [0, 0.1) is 0 Å². The average Bonchev–Trinajstić information content (AvgIpc) is 2.44. The minimum atomic E-state index is -1.14. The van der Waals surface area contributed by atoms with Crippen LogP contribution in [-0.2, 0) is 4.79 Å². The zero-order chi connectivity index (χ0) is 14.3. The Morgan fingerprint density at radius 1 is 1.37 bits per heavy atom. The number of carbonyl (C=O) groups excluding carboxylic acids is 1. The molecule has 1 aromatic carbocycles. The third-order valence-corrected chi connectivity index (χ3v) is 3.22. The molecule has 0 radical (unpaired) electrons. The van der Waals surface area contributed by atoms with Gasteiger partial charge in [-0.1, -0.05) is 50.1 Å². The molecular weight excluding hydrogens is 240 g/mol. The highest BCUT2D eigenvalue weighted by atomic mass is 16.3. The first-order chi connectivity index (χ1) is 9.06. The van der Waals surface area contributed by atoms with Crippen LogP contribution in [0.15, 0.2) is 30.3 Å². The number of unbranched alkanes of at least 4 members (excludes halogenated alkanes) is 1. The van der Waals surface area contributed by atoms with Crippen LogP contribution in [0.5, 0.6) is 0 Å². The van der Waals surface area contributed by atoms with Gasteiger partial charge in [-0.05, 0) is 18.9 Å². The van der Waals surface area contributed by atoms with E-state index in [2.05, 4.69) is 12.2 Å². The van der Waals surface area contributed by atoms with E-state index in [4.69, 9.17) is 5.73 Å². The second-order valence-electron chi connectivity index (χ2n) is 4.89. The van der Waals surface area contributed by atoms with E-state index >= 15 is 0 Å². The molecule has 0 aliphatic heterocycles. The number of carbonyl (C=O) groups is 1. The van der Waals surface area contributed by atoms with Crippen molar-refractivity contribution in [1.82, 2.24) is 5.32 Å². The first-order valence-corrected chi connectivity index (χ1v) is 6.85. The molecule has 4 N–H and O–H groups in total. The van der Waals surface area contributed by atoms with Gasteiger partial charge in [0.25, 0.3) is 5.91 Å². The van der Waals surface area contributed by atoms with E-state index in [1.165, 1.54) is 0 Å². The van der Waals surface area contributed by atoms with E-state index in [1.54, 1.807) is 0 Å². The maximum Gasteiger partial charge on any atom is 0.250 e. The molecule has 0 spiro atoms. The number of benzene rings is 1. The number of nitrogens with one attached hydrogen (secondary N) is 1. The molecule has 19 heavy (non-hydrogen) atoms. The number of aliphatic hydroxyl groups is 1. The molecule has 4 heteroatoms. The summed E-state index contributed by atoms with van der Waals surface area (Å²) in [7, 11) is 0. The lowest BCUT2D eigenvalue weighted by Gasteiger charge is -2.21. The lowest BCUT2D eigenvalue weighted by atomic mass is 10.0. The molecule has 0 aromatic heterocycles. The van der Waals surface area contributed by atoms with E-state index in [0.29, 0.717) is 6.42 Å². The van der Waals surface area contributed by atoms with Crippen LogP contribution in [0.3, 0.4) is 0 Å². The molecule has 1 unspecified atom stereocenters. The van der Waals surface area contributed by atoms with Gasteiger partial charge in [0.2, 0.25) is 0 Å². The third-order valence-electron chi connectivity index (χ3n) is 3.22. The van der Waals surface area contributed by atoms with Gasteiger partial charge >= 0.3 is 0 Å². The first kappa shape index (κ1) is 15.7. The van der Waals surface area contributed by atoms with Gasteiger partial charge in [0.15, 0.2) is 0 Å². The van der Waals surface area contributed by atoms with Crippen LogP contribution >= 0.6 is 0 Å². The highest BCUT2D eigenvalue weighted by molar-refractivity contribution is 5.81. The maximum absolute atomic E-state index is 11.9. The molecular formula is C15H24N2O2. The number of hydrogen-bond acceptors (Lipinski definition) is 3. The second kappa shape index (κ2) is 7.92. The van der Waals surface area contributed by atoms with Gasteiger partial charge in [0.05, 0.1) is 6.04 Å². The van der Waals surface area contributed by atoms with Gasteiger partial charge in [0.1, 0.15) is 6.10 Å². The Hall–Kier alpha value is -1.39. The lowest BCUT2D eigenvalue weighted by molar-refractivity contribution is -0.131. The Morgan fingerprint density at radius 3 is 2.58 bits per heavy atom. The van der Waals surface area contributed by atoms with Crippen molar-refractivity contribution in [3.05, 3.63) is 35.9 Å². The predicted octanol–water partition coefficient (Wildman–Crippen LogP) is 1.74. The molecule has 0 bridgehead atoms. The van der Waals surface area contributed by atoms with Gasteiger partial charge in [0, 0.05) is 6.04 Å². The highest BCUT2D eigenvalue weighted by Crippen LogP contribution is 2.12. The van der Waals surface area contributed by atoms with Crippen LogP contribution in [0.2, 0.25) is 0 Å². The monoisotopic (exact) mass is 264 g/mol. The summed E-state index contributed by atoms with van der Waals surface area (Å²) in [5, 5.41) is 12.7. The molecule has 0 saturated heterocycles. The summed E-state index contributed by atoms with van der Waals surface area (Å²) < 4.78 is 0. The first-order valence-electron chi connectivity index (χ1n) is 6.85. The smallest absolute Gasteiger partial charge is 0.250 e. The Kier molecular flexibility index (Phi) is 6.53. The molecule has 0 saturated carbocycles. The van der Waals surface area contributed by atoms with E-state index in [-0.39, 0.29) is 6.04 Å². The minimum absolute atomic E-state index is 0.137. The molecule has 1 amide bonds. The van der Waals surface area contributed by atoms with Crippen molar-refractivity contribution in [2.24, 2.45) is 5.73 Å². The van der Waals surface area contributed by atoms with Gasteiger partial charge in [-0.3, -0.25) is 4.79 Å². The van der Waals surface area contributed by atoms with Crippen LogP contribution < -0.4 is 11.1 Å². The maximum atomic E-state index is 11.9. The third kappa shape index (κ3) is 5.01. The van der Waals surface area contributed by atoms with Gasteiger partial charge < -0.3 is 16.2 Å². The molecule has 0 aliphatic carbocycles. The topological polar surface area (TPSA) is 75.3 Å². The fourth-order valence-corrected chi connectivity index (χ4v) is 1.92. The zero-order valence-electron chi connectivity index (χ0n) is 11.7. The summed E-state index contributed by atoms with van der Waals surface area (Å²) in [6.07, 6.45) is 1.44. The predicted molar refractivity (Wildman–Crippen MR) is 76.5 cm³/mol. The summed E-state index contributed by atoms with van der Waals surface area (Å²) in [4.78, 5) is 11.9. The quantitative estimate of drug-likeness (QED) is 0.702. The van der Waals surface area contributed by atoms with Crippen molar-refractivity contribution < 1.29 is 9.90 Å². The van der Waals surface area contributed by atoms with Crippen LogP contribution in [-0.4, -0.2) is 23.2 Å². The van der Waals surface area contributed by atoms with Crippen molar-refractivity contribution in [2.45, 2.75) is 51.3 Å². The number of nitrogens with two attached hydrogens (primary N) is 1. The van der Waals surface area contributed by atoms with Crippen molar-refractivity contribution in [1.29, 1.82) is 0 Å². The van der Waals surface area contributed by atoms with E-state index in [0.717, 1.165) is 18.4 Å². The SMILES string of the molecule is CCCC[C@H](N)C(O)C(=O)N[C@H](C)c1ccccc1. The number of rotatable bonds is 7. The lowest BCUT2D eigenvalue weighted by Crippen LogP contribution is -2.46. The molecule has 1 rings (SSSR count). The molecule has 0 aliphatic rings. The summed E-state index contributed by atoms with van der Waals surface area (Å²) in [6, 6.07) is 9.00. The summed E-state index contributed by atoms with van der Waals surface area (Å²) >= 11 is 0. The molecule has 0 fully saturated rings. The van der Waals surface area contributed by atoms with Crippen molar-refractivity contribution >= 4 is 5.91 Å². The summed E-state index contributed by atoms with van der Waals surface area (Å²) in [6.45, 7) is 3.94. The van der Waals surface area contributed by atoms with Gasteiger partial charge in [-0.2, -0.15) is 0 Å². The minimum Gasteiger partial charge on any atom is -0.382 e. The van der Waals surface area contributed by atoms with Crippen molar-refractivity contribution in [2.75, 3.05) is 0 Å². The summed E-state index contributed by atoms with van der Waals surface area (Å²) in [5.41, 5.74) is 6.81. The fourth-order valence-electron chi connectivity index (χ4n) is 1.92. The largest absolute Gasteiger partial charge is 0.382 e. The van der Waals surface area contributed by atoms with Gasteiger partial charge in [-0.25, -0.2) is 0 Å². The zero-order valence-corrected chi connectivity index (χ0v) is 11.7. The van der Waals surface area contributed by atoms with Crippen LogP contribution in [0.1, 0.15) is 44.7 Å². The molecule has 0 heterocycles. The number of hydrogen-bond donors (Lipinski definition) is 3. The Labute approximate surface area is 115 Å². The number of aliphatic hydroxyl groups excluding tert-OH is 1. The Morgan fingerprint density at radius 2 is 2.00 bits per heavy atom. The van der Waals surface area contributed by atoms with Crippen LogP contribution in [0.25, 0.3) is 0 Å². The second-order valence-corrected chi connectivity index (χ2v) is 4.89. The molecule has 106 valence electrons. The van der Waals surface area contributed by atoms with Gasteiger partial charge in [-0.15, -0.1) is 0 Å². The summed E-state index contributed by atoms with van der Waals surface area (Å²) in [5.74, 6) is -0.403. The Bertz CT molecular complexity index is 381. The van der Waals surface area contributed by atoms with E-state index in [9.17, 15) is 9.90 Å². The average molecular weight is 264 g/mol. The van der Waals surface area contributed by atoms with Crippen molar-refractivity contribution in [3.8, 4) is 0 Å².